The van der Waals surface area contributed by atoms with Crippen LogP contribution in [0.3, 0.4) is 0 Å². The molecule has 1 aliphatic rings. The van der Waals surface area contributed by atoms with Crippen molar-refractivity contribution in [3.8, 4) is 0 Å². The Kier molecular flexibility index (Phi) is 4.11. The topological polar surface area (TPSA) is 75.4 Å². The van der Waals surface area contributed by atoms with Crippen LogP contribution in [0.25, 0.3) is 0 Å². The van der Waals surface area contributed by atoms with Gasteiger partial charge in [-0.05, 0) is 33.4 Å². The molecule has 1 fully saturated rings. The molecule has 3 N–H and O–H groups in total. The molecule has 0 unspecified atom stereocenters. The van der Waals surface area contributed by atoms with Gasteiger partial charge in [0.1, 0.15) is 0 Å². The Morgan fingerprint density at radius 1 is 1.40 bits per heavy atom. The van der Waals surface area contributed by atoms with Crippen molar-refractivity contribution < 1.29 is 8.42 Å². The summed E-state index contributed by atoms with van der Waals surface area (Å²) >= 11 is 0. The highest BCUT2D eigenvalue weighted by molar-refractivity contribution is 7.89. The summed E-state index contributed by atoms with van der Waals surface area (Å²) in [6.07, 6.45) is 3.30. The first-order valence-corrected chi connectivity index (χ1v) is 6.92. The van der Waals surface area contributed by atoms with Gasteiger partial charge >= 0.3 is 0 Å². The van der Waals surface area contributed by atoms with Gasteiger partial charge in [0.15, 0.2) is 0 Å². The molecule has 0 amide bonds. The zero-order valence-electron chi connectivity index (χ0n) is 9.49. The van der Waals surface area contributed by atoms with Crippen LogP contribution in [0, 0.1) is 0 Å². The number of nitrogens with one attached hydrogen (secondary N) is 1. The molecule has 0 atom stereocenters. The molecular formula is C9H21N3O2S. The van der Waals surface area contributed by atoms with Gasteiger partial charge in [-0.2, -0.15) is 0 Å². The monoisotopic (exact) mass is 235 g/mol. The standard InChI is InChI=1S/C9H21N3O2S/c1-12(2)9(4-3-5-9)8-11-15(13,14)7-6-10/h11H,3-8,10H2,1-2H3. The Bertz CT molecular complexity index is 296. The summed E-state index contributed by atoms with van der Waals surface area (Å²) in [6.45, 7) is 0.673. The second-order valence-electron chi connectivity index (χ2n) is 4.40. The van der Waals surface area contributed by atoms with Gasteiger partial charge in [-0.1, -0.05) is 0 Å². The molecule has 0 aliphatic heterocycles. The Labute approximate surface area is 92.1 Å². The van der Waals surface area contributed by atoms with Gasteiger partial charge in [-0.15, -0.1) is 0 Å². The third-order valence-electron chi connectivity index (χ3n) is 3.24. The molecule has 1 rings (SSSR count). The minimum Gasteiger partial charge on any atom is -0.329 e. The molecule has 0 aromatic heterocycles. The van der Waals surface area contributed by atoms with E-state index in [1.807, 2.05) is 14.1 Å². The van der Waals surface area contributed by atoms with Gasteiger partial charge in [-0.3, -0.25) is 0 Å². The summed E-state index contributed by atoms with van der Waals surface area (Å²) < 4.78 is 25.5. The summed E-state index contributed by atoms with van der Waals surface area (Å²) in [5, 5.41) is 0. The molecule has 0 radical (unpaired) electrons. The van der Waals surface area contributed by atoms with E-state index in [0.29, 0.717) is 6.54 Å². The van der Waals surface area contributed by atoms with Gasteiger partial charge in [0.05, 0.1) is 5.75 Å². The fraction of sp³-hybridized carbons (Fsp3) is 1.00. The smallest absolute Gasteiger partial charge is 0.212 e. The Balaban J connectivity index is 2.48. The van der Waals surface area contributed by atoms with E-state index >= 15 is 0 Å². The minimum atomic E-state index is -3.18. The number of likely N-dealkylation sites (N-methyl/N-ethyl adjacent to an activating group) is 1. The average Bonchev–Trinajstić information content (AvgIpc) is 2.00. The van der Waals surface area contributed by atoms with E-state index in [9.17, 15) is 8.42 Å². The summed E-state index contributed by atoms with van der Waals surface area (Å²) in [6, 6.07) is 0. The maximum atomic E-state index is 11.4. The van der Waals surface area contributed by atoms with E-state index in [-0.39, 0.29) is 17.8 Å². The van der Waals surface area contributed by atoms with Crippen LogP contribution in [0.1, 0.15) is 19.3 Å². The lowest BCUT2D eigenvalue weighted by molar-refractivity contribution is 0.0657. The number of nitrogens with two attached hydrogens (primary N) is 1. The molecule has 0 aromatic rings. The quantitative estimate of drug-likeness (QED) is 0.641. The van der Waals surface area contributed by atoms with Crippen LogP contribution in [0.15, 0.2) is 0 Å². The zero-order chi connectivity index (χ0) is 11.5. The van der Waals surface area contributed by atoms with Crippen molar-refractivity contribution >= 4 is 10.0 Å². The summed E-state index contributed by atoms with van der Waals surface area (Å²) in [5.41, 5.74) is 5.26. The Hall–Kier alpha value is -0.170. The predicted octanol–water partition coefficient (Wildman–Crippen LogP) is -0.651. The molecule has 0 bridgehead atoms. The largest absolute Gasteiger partial charge is 0.329 e. The van der Waals surface area contributed by atoms with Gasteiger partial charge in [0.25, 0.3) is 0 Å². The summed E-state index contributed by atoms with van der Waals surface area (Å²) in [5.74, 6) is 0.0104. The van der Waals surface area contributed by atoms with Crippen molar-refractivity contribution in [1.82, 2.24) is 9.62 Å². The molecule has 0 spiro atoms. The lowest BCUT2D eigenvalue weighted by atomic mass is 9.76. The van der Waals surface area contributed by atoms with Gasteiger partial charge in [0, 0.05) is 18.6 Å². The van der Waals surface area contributed by atoms with E-state index in [1.54, 1.807) is 0 Å². The van der Waals surface area contributed by atoms with E-state index in [2.05, 4.69) is 9.62 Å². The molecule has 6 heteroatoms. The third kappa shape index (κ3) is 3.14. The second-order valence-corrected chi connectivity index (χ2v) is 6.33. The summed E-state index contributed by atoms with van der Waals surface area (Å²) in [7, 11) is 0.817. The molecular weight excluding hydrogens is 214 g/mol. The van der Waals surface area contributed by atoms with Crippen LogP contribution in [0.2, 0.25) is 0 Å². The number of hydrogen-bond acceptors (Lipinski definition) is 4. The zero-order valence-corrected chi connectivity index (χ0v) is 10.3. The molecule has 0 aromatic carbocycles. The van der Waals surface area contributed by atoms with Crippen molar-refractivity contribution in [2.24, 2.45) is 5.73 Å². The molecule has 5 nitrogen and oxygen atoms in total. The third-order valence-corrected chi connectivity index (χ3v) is 4.60. The van der Waals surface area contributed by atoms with Crippen LogP contribution >= 0.6 is 0 Å². The van der Waals surface area contributed by atoms with Crippen LogP contribution in [-0.2, 0) is 10.0 Å². The lowest BCUT2D eigenvalue weighted by Crippen LogP contribution is -2.57. The molecule has 0 heterocycles. The first-order valence-electron chi connectivity index (χ1n) is 5.27. The number of sulfonamides is 1. The van der Waals surface area contributed by atoms with Gasteiger partial charge in [0.2, 0.25) is 10.0 Å². The first kappa shape index (κ1) is 12.9. The highest BCUT2D eigenvalue weighted by atomic mass is 32.2. The SMILES string of the molecule is CN(C)C1(CNS(=O)(=O)CCN)CCC1. The van der Waals surface area contributed by atoms with E-state index < -0.39 is 10.0 Å². The Morgan fingerprint density at radius 3 is 2.33 bits per heavy atom. The van der Waals surface area contributed by atoms with Crippen LogP contribution < -0.4 is 10.5 Å². The number of rotatable bonds is 6. The van der Waals surface area contributed by atoms with Crippen molar-refractivity contribution in [3.63, 3.8) is 0 Å². The molecule has 1 aliphatic carbocycles. The Morgan fingerprint density at radius 2 is 2.00 bits per heavy atom. The molecule has 90 valence electrons. The molecule has 15 heavy (non-hydrogen) atoms. The average molecular weight is 235 g/mol. The number of nitrogens with zero attached hydrogens (tertiary/aromatic N) is 1. The van der Waals surface area contributed by atoms with Gasteiger partial charge < -0.3 is 10.6 Å². The minimum absolute atomic E-state index is 0.0104. The normalized spacial score (nSPS) is 20.3. The highest BCUT2D eigenvalue weighted by Gasteiger charge is 2.39. The lowest BCUT2D eigenvalue weighted by Gasteiger charge is -2.47. The molecule has 0 saturated heterocycles. The highest BCUT2D eigenvalue weighted by Crippen LogP contribution is 2.35. The maximum absolute atomic E-state index is 11.4. The fourth-order valence-electron chi connectivity index (χ4n) is 1.84. The van der Waals surface area contributed by atoms with Crippen LogP contribution in [0.5, 0.6) is 0 Å². The number of hydrogen-bond donors (Lipinski definition) is 2. The van der Waals surface area contributed by atoms with Crippen molar-refractivity contribution in [1.29, 1.82) is 0 Å². The molecule has 1 saturated carbocycles. The van der Waals surface area contributed by atoms with Crippen molar-refractivity contribution in [2.75, 3.05) is 32.9 Å². The second kappa shape index (κ2) is 4.78. The van der Waals surface area contributed by atoms with E-state index in [4.69, 9.17) is 5.73 Å². The van der Waals surface area contributed by atoms with Gasteiger partial charge in [-0.25, -0.2) is 13.1 Å². The fourth-order valence-corrected chi connectivity index (χ4v) is 2.78. The maximum Gasteiger partial charge on any atom is 0.212 e. The van der Waals surface area contributed by atoms with Crippen LogP contribution in [-0.4, -0.2) is 51.8 Å². The van der Waals surface area contributed by atoms with Crippen molar-refractivity contribution in [3.05, 3.63) is 0 Å². The first-order chi connectivity index (χ1) is 6.92. The van der Waals surface area contributed by atoms with E-state index in [1.165, 1.54) is 6.42 Å². The van der Waals surface area contributed by atoms with E-state index in [0.717, 1.165) is 12.8 Å². The summed E-state index contributed by atoms with van der Waals surface area (Å²) in [4.78, 5) is 2.11. The van der Waals surface area contributed by atoms with Crippen molar-refractivity contribution in [2.45, 2.75) is 24.8 Å². The van der Waals surface area contributed by atoms with Crippen LogP contribution in [0.4, 0.5) is 0 Å². The predicted molar refractivity (Wildman–Crippen MR) is 61.1 cm³/mol.